The summed E-state index contributed by atoms with van der Waals surface area (Å²) >= 11 is 6.10. The van der Waals surface area contributed by atoms with Crippen molar-refractivity contribution in [2.45, 2.75) is 18.7 Å². The van der Waals surface area contributed by atoms with Crippen molar-refractivity contribution in [2.75, 3.05) is 25.5 Å². The van der Waals surface area contributed by atoms with Crippen LogP contribution in [0.1, 0.15) is 22.8 Å². The number of carbonyl (C=O) groups excluding carboxylic acids is 1. The van der Waals surface area contributed by atoms with Crippen molar-refractivity contribution in [3.8, 4) is 11.5 Å². The predicted molar refractivity (Wildman–Crippen MR) is 105 cm³/mol. The van der Waals surface area contributed by atoms with E-state index in [9.17, 15) is 13.2 Å². The average Bonchev–Trinajstić information content (AvgIpc) is 2.62. The summed E-state index contributed by atoms with van der Waals surface area (Å²) in [6, 6.07) is 7.37. The molecule has 2 aromatic rings. The third-order valence-electron chi connectivity index (χ3n) is 3.80. The molecule has 0 aliphatic heterocycles. The SMILES string of the molecule is CCNC(=O)c1ccc(C)c(S(=O)(=O)Nc2cc(Cl)c(OC)cc2OC)c1. The summed E-state index contributed by atoms with van der Waals surface area (Å²) in [5.74, 6) is 0.252. The molecule has 146 valence electrons. The van der Waals surface area contributed by atoms with Crippen molar-refractivity contribution in [1.29, 1.82) is 0 Å². The highest BCUT2D eigenvalue weighted by Gasteiger charge is 2.22. The van der Waals surface area contributed by atoms with Gasteiger partial charge < -0.3 is 14.8 Å². The Morgan fingerprint density at radius 1 is 1.11 bits per heavy atom. The van der Waals surface area contributed by atoms with Crippen molar-refractivity contribution >= 4 is 33.2 Å². The Morgan fingerprint density at radius 3 is 2.37 bits per heavy atom. The van der Waals surface area contributed by atoms with Gasteiger partial charge >= 0.3 is 0 Å². The summed E-state index contributed by atoms with van der Waals surface area (Å²) in [6.07, 6.45) is 0. The average molecular weight is 413 g/mol. The lowest BCUT2D eigenvalue weighted by Gasteiger charge is -2.15. The fourth-order valence-corrected chi connectivity index (χ4v) is 4.01. The number of rotatable bonds is 7. The number of methoxy groups -OCH3 is 2. The Hall–Kier alpha value is -2.45. The lowest BCUT2D eigenvalue weighted by molar-refractivity contribution is 0.0955. The molecule has 2 rings (SSSR count). The number of hydrogen-bond donors (Lipinski definition) is 2. The molecule has 0 unspecified atom stereocenters. The quantitative estimate of drug-likeness (QED) is 0.728. The highest BCUT2D eigenvalue weighted by atomic mass is 35.5. The topological polar surface area (TPSA) is 93.7 Å². The molecule has 0 saturated carbocycles. The summed E-state index contributed by atoms with van der Waals surface area (Å²) in [4.78, 5) is 12.0. The van der Waals surface area contributed by atoms with Crippen LogP contribution in [0.3, 0.4) is 0 Å². The number of anilines is 1. The Labute approximate surface area is 163 Å². The Kier molecular flexibility index (Phi) is 6.56. The highest BCUT2D eigenvalue weighted by molar-refractivity contribution is 7.92. The summed E-state index contributed by atoms with van der Waals surface area (Å²) in [5.41, 5.74) is 0.905. The maximum Gasteiger partial charge on any atom is 0.262 e. The van der Waals surface area contributed by atoms with Crippen molar-refractivity contribution in [3.05, 3.63) is 46.5 Å². The molecule has 0 spiro atoms. The van der Waals surface area contributed by atoms with E-state index >= 15 is 0 Å². The molecular formula is C18H21ClN2O5S. The molecule has 2 aromatic carbocycles. The maximum atomic E-state index is 12.9. The number of amides is 1. The van der Waals surface area contributed by atoms with E-state index < -0.39 is 10.0 Å². The van der Waals surface area contributed by atoms with Gasteiger partial charge in [-0.1, -0.05) is 17.7 Å². The number of nitrogens with one attached hydrogen (secondary N) is 2. The first-order chi connectivity index (χ1) is 12.7. The molecule has 27 heavy (non-hydrogen) atoms. The van der Waals surface area contributed by atoms with Gasteiger partial charge in [-0.3, -0.25) is 9.52 Å². The van der Waals surface area contributed by atoms with E-state index in [2.05, 4.69) is 10.0 Å². The maximum absolute atomic E-state index is 12.9. The fourth-order valence-electron chi connectivity index (χ4n) is 2.43. The van der Waals surface area contributed by atoms with Crippen LogP contribution in [0.4, 0.5) is 5.69 Å². The normalized spacial score (nSPS) is 11.0. The van der Waals surface area contributed by atoms with Gasteiger partial charge in [-0.15, -0.1) is 0 Å². The van der Waals surface area contributed by atoms with Crippen LogP contribution in [0, 0.1) is 6.92 Å². The second kappa shape index (κ2) is 8.49. The van der Waals surface area contributed by atoms with Crippen LogP contribution in [0.2, 0.25) is 5.02 Å². The van der Waals surface area contributed by atoms with Gasteiger partial charge in [0.25, 0.3) is 15.9 Å². The number of halogens is 1. The van der Waals surface area contributed by atoms with Gasteiger partial charge in [-0.05, 0) is 37.6 Å². The zero-order valence-corrected chi connectivity index (χ0v) is 17.0. The Bertz CT molecular complexity index is 960. The molecule has 0 atom stereocenters. The van der Waals surface area contributed by atoms with E-state index in [0.29, 0.717) is 17.9 Å². The smallest absolute Gasteiger partial charge is 0.262 e. The standard InChI is InChI=1S/C18H21ClN2O5S/c1-5-20-18(22)12-7-6-11(2)17(8-12)27(23,24)21-14-9-13(19)15(25-3)10-16(14)26-4/h6-10,21H,5H2,1-4H3,(H,20,22). The molecule has 0 fully saturated rings. The van der Waals surface area contributed by atoms with Crippen LogP contribution in [0.25, 0.3) is 0 Å². The molecule has 0 aromatic heterocycles. The van der Waals surface area contributed by atoms with Crippen molar-refractivity contribution < 1.29 is 22.7 Å². The van der Waals surface area contributed by atoms with Gasteiger partial charge in [0.2, 0.25) is 0 Å². The van der Waals surface area contributed by atoms with E-state index in [1.54, 1.807) is 26.0 Å². The van der Waals surface area contributed by atoms with Crippen molar-refractivity contribution in [1.82, 2.24) is 5.32 Å². The third-order valence-corrected chi connectivity index (χ3v) is 5.60. The summed E-state index contributed by atoms with van der Waals surface area (Å²) < 4.78 is 38.6. The number of aryl methyl sites for hydroxylation is 1. The molecule has 0 radical (unpaired) electrons. The van der Waals surface area contributed by atoms with Crippen molar-refractivity contribution in [3.63, 3.8) is 0 Å². The van der Waals surface area contributed by atoms with E-state index in [1.165, 1.54) is 32.4 Å². The second-order valence-corrected chi connectivity index (χ2v) is 7.69. The molecule has 2 N–H and O–H groups in total. The fraction of sp³-hybridized carbons (Fsp3) is 0.278. The minimum Gasteiger partial charge on any atom is -0.495 e. The molecule has 0 heterocycles. The van der Waals surface area contributed by atoms with Gasteiger partial charge in [0.15, 0.2) is 0 Å². The first-order valence-electron chi connectivity index (χ1n) is 8.06. The number of hydrogen-bond acceptors (Lipinski definition) is 5. The first-order valence-corrected chi connectivity index (χ1v) is 9.92. The van der Waals surface area contributed by atoms with Crippen LogP contribution in [-0.4, -0.2) is 35.1 Å². The van der Waals surface area contributed by atoms with E-state index in [1.807, 2.05) is 0 Å². The van der Waals surface area contributed by atoms with Gasteiger partial charge in [0, 0.05) is 18.2 Å². The van der Waals surface area contributed by atoms with Crippen molar-refractivity contribution in [2.24, 2.45) is 0 Å². The van der Waals surface area contributed by atoms with Gasteiger partial charge in [0.05, 0.1) is 29.8 Å². The molecular weight excluding hydrogens is 392 g/mol. The monoisotopic (exact) mass is 412 g/mol. The second-order valence-electron chi connectivity index (χ2n) is 5.63. The first kappa shape index (κ1) is 20.9. The van der Waals surface area contributed by atoms with E-state index in [0.717, 1.165) is 0 Å². The lowest BCUT2D eigenvalue weighted by atomic mass is 10.1. The van der Waals surface area contributed by atoms with Crippen LogP contribution in [-0.2, 0) is 10.0 Å². The molecule has 9 heteroatoms. The Morgan fingerprint density at radius 2 is 1.78 bits per heavy atom. The molecule has 0 saturated heterocycles. The van der Waals surface area contributed by atoms with Gasteiger partial charge in [-0.25, -0.2) is 8.42 Å². The van der Waals surface area contributed by atoms with E-state index in [-0.39, 0.29) is 32.8 Å². The third kappa shape index (κ3) is 4.64. The number of carbonyl (C=O) groups is 1. The summed E-state index contributed by atoms with van der Waals surface area (Å²) in [7, 11) is -1.14. The summed E-state index contributed by atoms with van der Waals surface area (Å²) in [5, 5.41) is 2.87. The van der Waals surface area contributed by atoms with Crippen LogP contribution >= 0.6 is 11.6 Å². The number of sulfonamides is 1. The van der Waals surface area contributed by atoms with Crippen LogP contribution in [0.5, 0.6) is 11.5 Å². The largest absolute Gasteiger partial charge is 0.495 e. The number of ether oxygens (including phenoxy) is 2. The van der Waals surface area contributed by atoms with Crippen LogP contribution in [0.15, 0.2) is 35.2 Å². The molecule has 0 aliphatic carbocycles. The number of benzene rings is 2. The minimum atomic E-state index is -3.99. The molecule has 0 bridgehead atoms. The highest BCUT2D eigenvalue weighted by Crippen LogP contribution is 2.37. The van der Waals surface area contributed by atoms with Gasteiger partial charge in [0.1, 0.15) is 11.5 Å². The zero-order valence-electron chi connectivity index (χ0n) is 15.4. The summed E-state index contributed by atoms with van der Waals surface area (Å²) in [6.45, 7) is 3.87. The minimum absolute atomic E-state index is 0.0137. The van der Waals surface area contributed by atoms with Crippen LogP contribution < -0.4 is 19.5 Å². The molecule has 1 amide bonds. The predicted octanol–water partition coefficient (Wildman–Crippen LogP) is 3.22. The lowest BCUT2D eigenvalue weighted by Crippen LogP contribution is -2.23. The Balaban J connectivity index is 2.47. The molecule has 0 aliphatic rings. The van der Waals surface area contributed by atoms with E-state index in [4.69, 9.17) is 21.1 Å². The zero-order chi connectivity index (χ0) is 20.2. The molecule has 7 nitrogen and oxygen atoms in total. The van der Waals surface area contributed by atoms with Gasteiger partial charge in [-0.2, -0.15) is 0 Å².